The molecule has 0 aromatic heterocycles. The van der Waals surface area contributed by atoms with E-state index in [2.05, 4.69) is 23.8 Å². The van der Waals surface area contributed by atoms with Gasteiger partial charge in [0.15, 0.2) is 0 Å². The number of carbonyl (C=O) groups excluding carboxylic acids is 1. The zero-order chi connectivity index (χ0) is 18.1. The third-order valence-electron chi connectivity index (χ3n) is 3.76. The van der Waals surface area contributed by atoms with Crippen molar-refractivity contribution in [2.45, 2.75) is 96.8 Å². The van der Waals surface area contributed by atoms with Gasteiger partial charge in [0, 0.05) is 6.42 Å². The van der Waals surface area contributed by atoms with Crippen molar-refractivity contribution in [3.05, 3.63) is 12.2 Å². The molecule has 0 atom stereocenters. The van der Waals surface area contributed by atoms with E-state index >= 15 is 0 Å². The Morgan fingerprint density at radius 2 is 1.38 bits per heavy atom. The van der Waals surface area contributed by atoms with Gasteiger partial charge in [-0.3, -0.25) is 4.79 Å². The van der Waals surface area contributed by atoms with Crippen LogP contribution < -0.4 is 0 Å². The number of rotatable bonds is 15. The third kappa shape index (κ3) is 17.2. The summed E-state index contributed by atoms with van der Waals surface area (Å²) in [7, 11) is -2.60. The summed E-state index contributed by atoms with van der Waals surface area (Å²) in [5.41, 5.74) is 0. The molecular formula is C19H36O2. The Morgan fingerprint density at radius 1 is 0.857 bits per heavy atom. The first kappa shape index (κ1) is 15.1. The molecule has 0 spiro atoms. The molecule has 124 valence electrons. The highest BCUT2D eigenvalue weighted by molar-refractivity contribution is 5.68. The normalized spacial score (nSPS) is 13.9. The van der Waals surface area contributed by atoms with E-state index < -0.39 is 13.0 Å². The van der Waals surface area contributed by atoms with Gasteiger partial charge in [-0.1, -0.05) is 70.4 Å². The van der Waals surface area contributed by atoms with Crippen molar-refractivity contribution >= 4 is 5.97 Å². The average Bonchev–Trinajstić information content (AvgIpc) is 2.49. The van der Waals surface area contributed by atoms with Crippen LogP contribution in [-0.2, 0) is 9.53 Å². The van der Waals surface area contributed by atoms with Gasteiger partial charge in [0.2, 0.25) is 0 Å². The average molecular weight is 300 g/mol. The van der Waals surface area contributed by atoms with Crippen molar-refractivity contribution in [2.24, 2.45) is 0 Å². The smallest absolute Gasteiger partial charge is 0.305 e. The molecule has 0 aromatic rings. The molecule has 0 aliphatic carbocycles. The second-order valence-corrected chi connectivity index (χ2v) is 5.81. The zero-order valence-corrected chi connectivity index (χ0v) is 13.9. The number of unbranched alkanes of at least 4 members (excludes halogenated alkanes) is 11. The summed E-state index contributed by atoms with van der Waals surface area (Å²) in [6.07, 6.45) is 20.4. The fourth-order valence-electron chi connectivity index (χ4n) is 2.39. The number of allylic oxidation sites excluding steroid dienone is 2. The van der Waals surface area contributed by atoms with Crippen LogP contribution in [0.2, 0.25) is 0 Å². The molecule has 0 aliphatic rings. The minimum atomic E-state index is -2.60. The van der Waals surface area contributed by atoms with Crippen molar-refractivity contribution in [1.82, 2.24) is 0 Å². The summed E-state index contributed by atoms with van der Waals surface area (Å²) < 4.78 is 24.8. The Morgan fingerprint density at radius 3 is 1.95 bits per heavy atom. The fraction of sp³-hybridized carbons (Fsp3) is 0.842. The van der Waals surface area contributed by atoms with Crippen LogP contribution in [0.3, 0.4) is 0 Å². The van der Waals surface area contributed by atoms with Gasteiger partial charge in [-0.25, -0.2) is 0 Å². The molecule has 0 rings (SSSR count). The number of hydrogen-bond donors (Lipinski definition) is 0. The summed E-state index contributed by atoms with van der Waals surface area (Å²) in [5, 5.41) is 0. The molecular weight excluding hydrogens is 260 g/mol. The predicted molar refractivity (Wildman–Crippen MR) is 91.5 cm³/mol. The first-order valence-electron chi connectivity index (χ1n) is 10.3. The highest BCUT2D eigenvalue weighted by atomic mass is 16.5. The molecule has 0 amide bonds. The van der Waals surface area contributed by atoms with Gasteiger partial charge in [0.05, 0.1) is 11.2 Å². The molecule has 0 radical (unpaired) electrons. The van der Waals surface area contributed by atoms with E-state index in [4.69, 9.17) is 4.11 Å². The van der Waals surface area contributed by atoms with E-state index in [1.807, 2.05) is 0 Å². The van der Waals surface area contributed by atoms with Crippen LogP contribution in [0.4, 0.5) is 0 Å². The Labute approximate surface area is 136 Å². The lowest BCUT2D eigenvalue weighted by molar-refractivity contribution is -0.140. The molecule has 0 heterocycles. The molecule has 0 saturated heterocycles. The number of esters is 1. The first-order chi connectivity index (χ1) is 11.5. The van der Waals surface area contributed by atoms with E-state index in [1.165, 1.54) is 51.4 Å². The number of ether oxygens (including phenoxy) is 1. The lowest BCUT2D eigenvalue weighted by atomic mass is 10.1. The summed E-state index contributed by atoms with van der Waals surface area (Å²) in [4.78, 5) is 11.2. The summed E-state index contributed by atoms with van der Waals surface area (Å²) in [5.74, 6) is -0.618. The fourth-order valence-corrected chi connectivity index (χ4v) is 2.39. The second-order valence-electron chi connectivity index (χ2n) is 5.81. The molecule has 0 saturated carbocycles. The van der Waals surface area contributed by atoms with E-state index in [9.17, 15) is 4.79 Å². The van der Waals surface area contributed by atoms with Crippen molar-refractivity contribution in [3.63, 3.8) is 0 Å². The van der Waals surface area contributed by atoms with Crippen molar-refractivity contribution < 1.29 is 13.6 Å². The SMILES string of the molecule is [2H]C([2H])([2H])OC(=O)CCCCCCCC=CCCCCCCCC. The maximum absolute atomic E-state index is 11.2. The van der Waals surface area contributed by atoms with E-state index in [0.717, 1.165) is 25.7 Å². The molecule has 2 heteroatoms. The monoisotopic (exact) mass is 299 g/mol. The van der Waals surface area contributed by atoms with Gasteiger partial charge in [-0.2, -0.15) is 0 Å². The highest BCUT2D eigenvalue weighted by Gasteiger charge is 1.98. The van der Waals surface area contributed by atoms with Crippen LogP contribution in [-0.4, -0.2) is 13.0 Å². The standard InChI is InChI=1S/C19H36O2/c1-3-4-5-6-7-8-9-10-11-12-13-14-15-16-17-18-19(20)21-2/h10-11H,3-9,12-18H2,1-2H3/i2D3. The molecule has 0 N–H and O–H groups in total. The first-order valence-corrected chi connectivity index (χ1v) is 8.82. The van der Waals surface area contributed by atoms with Gasteiger partial charge in [0.25, 0.3) is 0 Å². The maximum Gasteiger partial charge on any atom is 0.305 e. The highest BCUT2D eigenvalue weighted by Crippen LogP contribution is 2.10. The predicted octanol–water partition coefficient (Wildman–Crippen LogP) is 6.20. The second kappa shape index (κ2) is 17.3. The molecule has 0 bridgehead atoms. The Hall–Kier alpha value is -0.790. The lowest BCUT2D eigenvalue weighted by Crippen LogP contribution is -1.98. The minimum absolute atomic E-state index is 0.205. The van der Waals surface area contributed by atoms with Crippen LogP contribution >= 0.6 is 0 Å². The summed E-state index contributed by atoms with van der Waals surface area (Å²) in [6.45, 7) is 2.25. The largest absolute Gasteiger partial charge is 0.469 e. The third-order valence-corrected chi connectivity index (χ3v) is 3.76. The lowest BCUT2D eigenvalue weighted by Gasteiger charge is -2.00. The van der Waals surface area contributed by atoms with Crippen molar-refractivity contribution in [2.75, 3.05) is 7.04 Å². The van der Waals surface area contributed by atoms with Crippen LogP contribution in [0.1, 0.15) is 101 Å². The Bertz CT molecular complexity index is 325. The molecule has 0 aliphatic heterocycles. The van der Waals surface area contributed by atoms with Gasteiger partial charge in [-0.15, -0.1) is 0 Å². The number of carbonyl (C=O) groups is 1. The number of methoxy groups -OCH3 is 1. The van der Waals surface area contributed by atoms with Crippen LogP contribution in [0.5, 0.6) is 0 Å². The van der Waals surface area contributed by atoms with Crippen LogP contribution in [0.15, 0.2) is 12.2 Å². The summed E-state index contributed by atoms with van der Waals surface area (Å²) in [6, 6.07) is 0. The van der Waals surface area contributed by atoms with E-state index in [-0.39, 0.29) is 6.42 Å². The van der Waals surface area contributed by atoms with Crippen LogP contribution in [0, 0.1) is 0 Å². The molecule has 0 fully saturated rings. The summed E-state index contributed by atoms with van der Waals surface area (Å²) >= 11 is 0. The minimum Gasteiger partial charge on any atom is -0.469 e. The number of hydrogen-bond acceptors (Lipinski definition) is 2. The Kier molecular flexibility index (Phi) is 12.4. The maximum atomic E-state index is 11.2. The van der Waals surface area contributed by atoms with Gasteiger partial charge < -0.3 is 4.74 Å². The quantitative estimate of drug-likeness (QED) is 0.204. The topological polar surface area (TPSA) is 26.3 Å². The molecule has 21 heavy (non-hydrogen) atoms. The molecule has 0 unspecified atom stereocenters. The van der Waals surface area contributed by atoms with Crippen LogP contribution in [0.25, 0.3) is 0 Å². The van der Waals surface area contributed by atoms with Gasteiger partial charge in [-0.05, 0) is 32.1 Å². The van der Waals surface area contributed by atoms with Crippen molar-refractivity contribution in [1.29, 1.82) is 0 Å². The Balaban J connectivity index is 3.25. The van der Waals surface area contributed by atoms with E-state index in [0.29, 0.717) is 6.42 Å². The van der Waals surface area contributed by atoms with Crippen molar-refractivity contribution in [3.8, 4) is 0 Å². The zero-order valence-electron chi connectivity index (χ0n) is 16.9. The van der Waals surface area contributed by atoms with E-state index in [1.54, 1.807) is 0 Å². The van der Waals surface area contributed by atoms with Gasteiger partial charge in [0.1, 0.15) is 0 Å². The molecule has 2 nitrogen and oxygen atoms in total. The van der Waals surface area contributed by atoms with Gasteiger partial charge >= 0.3 is 5.97 Å². The molecule has 0 aromatic carbocycles.